The number of halogens is 5. The van der Waals surface area contributed by atoms with Crippen LogP contribution in [0.5, 0.6) is 0 Å². The molecule has 2 aliphatic rings. The molecule has 0 bridgehead atoms. The van der Waals surface area contributed by atoms with Gasteiger partial charge in [-0.2, -0.15) is 10.1 Å². The first-order valence-electron chi connectivity index (χ1n) is 8.51. The van der Waals surface area contributed by atoms with Gasteiger partial charge in [0.1, 0.15) is 5.71 Å². The van der Waals surface area contributed by atoms with Crippen LogP contribution in [0.25, 0.3) is 10.9 Å². The molecule has 0 saturated heterocycles. The molecule has 1 N–H and O–H groups in total. The minimum absolute atomic E-state index is 0.0217. The number of pyridine rings is 1. The largest absolute Gasteiger partial charge is 0.364 e. The normalized spacial score (nSPS) is 22.4. The van der Waals surface area contributed by atoms with Crippen LogP contribution in [0.3, 0.4) is 0 Å². The van der Waals surface area contributed by atoms with Crippen LogP contribution >= 0.6 is 15.9 Å². The number of amides is 1. The van der Waals surface area contributed by atoms with Crippen molar-refractivity contribution in [1.82, 2.24) is 9.99 Å². The minimum atomic E-state index is -3.47. The van der Waals surface area contributed by atoms with Gasteiger partial charge in [0.25, 0.3) is 18.8 Å². The van der Waals surface area contributed by atoms with Gasteiger partial charge in [-0.3, -0.25) is 9.78 Å². The van der Waals surface area contributed by atoms with Crippen molar-refractivity contribution in [3.8, 4) is 0 Å². The van der Waals surface area contributed by atoms with E-state index in [2.05, 4.69) is 26.0 Å². The number of fused-ring (bicyclic) bond motifs is 1. The van der Waals surface area contributed by atoms with Crippen molar-refractivity contribution in [1.29, 1.82) is 0 Å². The van der Waals surface area contributed by atoms with E-state index in [4.69, 9.17) is 0 Å². The van der Waals surface area contributed by atoms with E-state index in [0.717, 1.165) is 12.8 Å². The zero-order valence-corrected chi connectivity index (χ0v) is 15.8. The smallest absolute Gasteiger partial charge is 0.287 e. The first kappa shape index (κ1) is 19.3. The molecule has 28 heavy (non-hydrogen) atoms. The summed E-state index contributed by atoms with van der Waals surface area (Å²) in [6, 6.07) is 6.44. The van der Waals surface area contributed by atoms with Crippen LogP contribution in [-0.2, 0) is 0 Å². The molecule has 1 aliphatic carbocycles. The summed E-state index contributed by atoms with van der Waals surface area (Å²) >= 11 is 3.28. The first-order valence-corrected chi connectivity index (χ1v) is 9.31. The van der Waals surface area contributed by atoms with Crippen LogP contribution in [0.2, 0.25) is 0 Å². The highest BCUT2D eigenvalue weighted by Gasteiger charge is 2.53. The van der Waals surface area contributed by atoms with Crippen LogP contribution in [-0.4, -0.2) is 45.3 Å². The number of aliphatic hydroxyl groups is 1. The number of benzene rings is 1. The zero-order valence-electron chi connectivity index (χ0n) is 14.2. The van der Waals surface area contributed by atoms with Gasteiger partial charge in [-0.15, -0.1) is 0 Å². The Balaban J connectivity index is 1.86. The van der Waals surface area contributed by atoms with E-state index in [9.17, 15) is 27.5 Å². The number of carbonyl (C=O) groups excluding carboxylic acids is 1. The number of aromatic nitrogens is 1. The molecule has 4 rings (SSSR count). The molecule has 2 heterocycles. The van der Waals surface area contributed by atoms with Gasteiger partial charge in [0.2, 0.25) is 5.72 Å². The van der Waals surface area contributed by atoms with Crippen molar-refractivity contribution in [2.45, 2.75) is 43.8 Å². The number of hydrogen-bond acceptors (Lipinski definition) is 4. The van der Waals surface area contributed by atoms with Gasteiger partial charge in [0.15, 0.2) is 0 Å². The van der Waals surface area contributed by atoms with E-state index >= 15 is 0 Å². The van der Waals surface area contributed by atoms with E-state index in [1.165, 1.54) is 6.07 Å². The number of carbonyl (C=O) groups is 1. The molecule has 2 aromatic rings. The van der Waals surface area contributed by atoms with Gasteiger partial charge >= 0.3 is 0 Å². The lowest BCUT2D eigenvalue weighted by Crippen LogP contribution is -2.51. The molecule has 1 fully saturated rings. The van der Waals surface area contributed by atoms with Crippen LogP contribution < -0.4 is 0 Å². The van der Waals surface area contributed by atoms with E-state index in [-0.39, 0.29) is 16.5 Å². The lowest BCUT2D eigenvalue weighted by Gasteiger charge is -2.30. The maximum absolute atomic E-state index is 13.5. The number of rotatable bonds is 4. The van der Waals surface area contributed by atoms with E-state index in [1.807, 2.05) is 0 Å². The summed E-state index contributed by atoms with van der Waals surface area (Å²) in [5.41, 5.74) is -3.01. The molecule has 1 saturated carbocycles. The molecule has 5 nitrogen and oxygen atoms in total. The Bertz CT molecular complexity index is 996. The second-order valence-electron chi connectivity index (χ2n) is 6.90. The van der Waals surface area contributed by atoms with Crippen molar-refractivity contribution >= 4 is 38.5 Å². The number of hydrazone groups is 1. The molecule has 0 unspecified atom stereocenters. The number of alkyl halides is 4. The maximum Gasteiger partial charge on any atom is 0.287 e. The van der Waals surface area contributed by atoms with Crippen molar-refractivity contribution in [2.75, 3.05) is 0 Å². The molecule has 1 aromatic carbocycles. The van der Waals surface area contributed by atoms with Crippen LogP contribution in [0.1, 0.15) is 41.2 Å². The van der Waals surface area contributed by atoms with Gasteiger partial charge < -0.3 is 5.11 Å². The summed E-state index contributed by atoms with van der Waals surface area (Å²) in [4.78, 5) is 17.6. The molecule has 1 atom stereocenters. The third kappa shape index (κ3) is 3.18. The second kappa shape index (κ2) is 6.77. The standard InChI is InChI=1S/C18H14BrF4N3O2/c19-9-3-4-12-10(5-9)11(6-13(24-12)8-1-2-8)16(27)26-18(28,17(22)23)7-14(25-26)15(20)21/h3-6,8,15,17,28H,1-2,7H2/t18-/m0/s1. The van der Waals surface area contributed by atoms with Gasteiger partial charge in [-0.05, 0) is 37.1 Å². The molecule has 0 radical (unpaired) electrons. The Hall–Kier alpha value is -2.07. The fourth-order valence-electron chi connectivity index (χ4n) is 3.20. The van der Waals surface area contributed by atoms with Gasteiger partial charge in [-0.1, -0.05) is 15.9 Å². The molecule has 148 valence electrons. The summed E-state index contributed by atoms with van der Waals surface area (Å²) in [5.74, 6) is -0.918. The van der Waals surface area contributed by atoms with Crippen LogP contribution in [0.4, 0.5) is 17.6 Å². The lowest BCUT2D eigenvalue weighted by atomic mass is 10.0. The molecule has 10 heteroatoms. The summed E-state index contributed by atoms with van der Waals surface area (Å²) in [6.45, 7) is 0. The number of hydrogen-bond donors (Lipinski definition) is 1. The summed E-state index contributed by atoms with van der Waals surface area (Å²) < 4.78 is 53.7. The fourth-order valence-corrected chi connectivity index (χ4v) is 3.56. The van der Waals surface area contributed by atoms with E-state index in [1.54, 1.807) is 18.2 Å². The third-order valence-electron chi connectivity index (χ3n) is 4.85. The average Bonchev–Trinajstić information content (AvgIpc) is 3.42. The molecule has 1 amide bonds. The van der Waals surface area contributed by atoms with Crippen molar-refractivity contribution in [3.63, 3.8) is 0 Å². The Morgan fingerprint density at radius 1 is 1.25 bits per heavy atom. The fraction of sp³-hybridized carbons (Fsp3) is 0.389. The van der Waals surface area contributed by atoms with E-state index < -0.39 is 36.6 Å². The van der Waals surface area contributed by atoms with E-state index in [0.29, 0.717) is 21.1 Å². The Morgan fingerprint density at radius 2 is 1.96 bits per heavy atom. The first-order chi connectivity index (χ1) is 13.2. The Morgan fingerprint density at radius 3 is 2.57 bits per heavy atom. The number of nitrogens with zero attached hydrogens (tertiary/aromatic N) is 3. The maximum atomic E-state index is 13.5. The summed E-state index contributed by atoms with van der Waals surface area (Å²) in [6.07, 6.45) is -5.97. The predicted molar refractivity (Wildman–Crippen MR) is 96.6 cm³/mol. The van der Waals surface area contributed by atoms with Crippen molar-refractivity contribution in [3.05, 3.63) is 40.0 Å². The summed E-state index contributed by atoms with van der Waals surface area (Å²) in [7, 11) is 0. The highest BCUT2D eigenvalue weighted by molar-refractivity contribution is 9.10. The SMILES string of the molecule is O=C(c1cc(C2CC2)nc2ccc(Br)cc12)N1N=C(C(F)F)C[C@]1(O)C(F)F. The molecule has 0 spiro atoms. The van der Waals surface area contributed by atoms with Crippen LogP contribution in [0.15, 0.2) is 33.8 Å². The molecular weight excluding hydrogens is 446 g/mol. The van der Waals surface area contributed by atoms with Crippen molar-refractivity contribution in [2.24, 2.45) is 5.10 Å². The van der Waals surface area contributed by atoms with Gasteiger partial charge in [0.05, 0.1) is 11.1 Å². The Labute approximate surface area is 165 Å². The molecular formula is C18H14BrF4N3O2. The minimum Gasteiger partial charge on any atom is -0.364 e. The third-order valence-corrected chi connectivity index (χ3v) is 5.34. The molecule has 1 aliphatic heterocycles. The predicted octanol–water partition coefficient (Wildman–Crippen LogP) is 4.30. The highest BCUT2D eigenvalue weighted by Crippen LogP contribution is 2.41. The zero-order chi connectivity index (χ0) is 20.2. The topological polar surface area (TPSA) is 65.8 Å². The van der Waals surface area contributed by atoms with Crippen LogP contribution in [0, 0.1) is 0 Å². The summed E-state index contributed by atoms with van der Waals surface area (Å²) in [5, 5.41) is 14.1. The quantitative estimate of drug-likeness (QED) is 0.693. The van der Waals surface area contributed by atoms with Crippen molar-refractivity contribution < 1.29 is 27.5 Å². The monoisotopic (exact) mass is 459 g/mol. The molecule has 1 aromatic heterocycles. The van der Waals surface area contributed by atoms with Gasteiger partial charge in [0, 0.05) is 27.9 Å². The lowest BCUT2D eigenvalue weighted by molar-refractivity contribution is -0.164. The second-order valence-corrected chi connectivity index (χ2v) is 7.81. The van der Waals surface area contributed by atoms with Gasteiger partial charge in [-0.25, -0.2) is 17.6 Å². The average molecular weight is 460 g/mol. The highest BCUT2D eigenvalue weighted by atomic mass is 79.9. The Kier molecular flexibility index (Phi) is 4.65.